The van der Waals surface area contributed by atoms with Crippen molar-refractivity contribution in [2.75, 3.05) is 47.1 Å². The van der Waals surface area contributed by atoms with Crippen LogP contribution in [0.5, 0.6) is 11.5 Å². The molecule has 1 fully saturated rings. The van der Waals surface area contributed by atoms with E-state index in [-0.39, 0.29) is 57.9 Å². The van der Waals surface area contributed by atoms with Crippen molar-refractivity contribution in [2.24, 2.45) is 17.8 Å². The van der Waals surface area contributed by atoms with Crippen molar-refractivity contribution in [3.63, 3.8) is 0 Å². The third-order valence-electron chi connectivity index (χ3n) is 8.58. The van der Waals surface area contributed by atoms with Gasteiger partial charge in [-0.3, -0.25) is 9.59 Å². The standard InChI is InChI=1S/C32H49IN2O9/c1-19(2)23-7-6-20(3)12-26(23)43-18-29(38)35(9-11-41-4)25-15-22(32(40)34-8-10-36)16-27(30(25)39)44-31-24(33)13-21(17-37)14-28(31)42-5/h13-14,16,19-20,23,25-27,30,36-37,39H,6-12,15,17-18H2,1-5H3,(H,34,40). The van der Waals surface area contributed by atoms with Gasteiger partial charge >= 0.3 is 0 Å². The van der Waals surface area contributed by atoms with Gasteiger partial charge in [0.15, 0.2) is 11.5 Å². The predicted molar refractivity (Wildman–Crippen MR) is 173 cm³/mol. The van der Waals surface area contributed by atoms with E-state index in [2.05, 4.69) is 48.7 Å². The normalized spacial score (nSPS) is 25.4. The van der Waals surface area contributed by atoms with Gasteiger partial charge in [-0.05, 0) is 77.0 Å². The van der Waals surface area contributed by atoms with Crippen molar-refractivity contribution in [3.8, 4) is 11.5 Å². The fraction of sp³-hybridized carbons (Fsp3) is 0.688. The van der Waals surface area contributed by atoms with Crippen LogP contribution >= 0.6 is 22.6 Å². The quantitative estimate of drug-likeness (QED) is 0.200. The maximum absolute atomic E-state index is 13.8. The van der Waals surface area contributed by atoms with E-state index in [1.807, 2.05) is 0 Å². The fourth-order valence-corrected chi connectivity index (χ4v) is 6.92. The molecule has 0 bridgehead atoms. The number of hydrogen-bond donors (Lipinski definition) is 4. The molecule has 2 amide bonds. The van der Waals surface area contributed by atoms with Crippen molar-refractivity contribution < 1.29 is 43.9 Å². The van der Waals surface area contributed by atoms with Crippen LogP contribution in [0.1, 0.15) is 52.0 Å². The first kappa shape index (κ1) is 36.5. The second-order valence-electron chi connectivity index (χ2n) is 12.0. The largest absolute Gasteiger partial charge is 0.493 e. The van der Waals surface area contributed by atoms with Crippen LogP contribution < -0.4 is 14.8 Å². The van der Waals surface area contributed by atoms with Gasteiger partial charge in [-0.15, -0.1) is 0 Å². The summed E-state index contributed by atoms with van der Waals surface area (Å²) in [5.41, 5.74) is 0.945. The molecule has 1 aromatic rings. The second kappa shape index (κ2) is 17.7. The first-order valence-corrected chi connectivity index (χ1v) is 16.4. The van der Waals surface area contributed by atoms with Gasteiger partial charge in [0, 0.05) is 32.2 Å². The summed E-state index contributed by atoms with van der Waals surface area (Å²) in [6.07, 6.45) is 2.46. The molecule has 1 aromatic carbocycles. The van der Waals surface area contributed by atoms with Crippen LogP contribution in [0.2, 0.25) is 0 Å². The molecule has 0 aromatic heterocycles. The molecule has 2 aliphatic carbocycles. The minimum Gasteiger partial charge on any atom is -0.493 e. The third kappa shape index (κ3) is 9.52. The number of rotatable bonds is 15. The Morgan fingerprint density at radius 1 is 1.18 bits per heavy atom. The van der Waals surface area contributed by atoms with E-state index in [0.29, 0.717) is 44.0 Å². The summed E-state index contributed by atoms with van der Waals surface area (Å²) < 4.78 is 24.1. The number of methoxy groups -OCH3 is 2. The van der Waals surface area contributed by atoms with Crippen LogP contribution in [0.15, 0.2) is 23.8 Å². The maximum atomic E-state index is 13.8. The summed E-state index contributed by atoms with van der Waals surface area (Å²) in [7, 11) is 3.02. The maximum Gasteiger partial charge on any atom is 0.249 e. The summed E-state index contributed by atoms with van der Waals surface area (Å²) >= 11 is 2.06. The number of halogens is 1. The molecule has 4 N–H and O–H groups in total. The molecule has 0 spiro atoms. The molecule has 2 aliphatic rings. The fourth-order valence-electron chi connectivity index (χ4n) is 6.13. The van der Waals surface area contributed by atoms with Crippen molar-refractivity contribution >= 4 is 34.4 Å². The molecule has 11 nitrogen and oxygen atoms in total. The lowest BCUT2D eigenvalue weighted by Gasteiger charge is -2.41. The highest BCUT2D eigenvalue weighted by molar-refractivity contribution is 14.1. The van der Waals surface area contributed by atoms with E-state index < -0.39 is 24.2 Å². The summed E-state index contributed by atoms with van der Waals surface area (Å²) in [5, 5.41) is 33.3. The lowest BCUT2D eigenvalue weighted by molar-refractivity contribution is -0.149. The van der Waals surface area contributed by atoms with Gasteiger partial charge in [-0.25, -0.2) is 0 Å². The van der Waals surface area contributed by atoms with Crippen LogP contribution in [0.4, 0.5) is 0 Å². The van der Waals surface area contributed by atoms with Gasteiger partial charge in [0.25, 0.3) is 0 Å². The lowest BCUT2D eigenvalue weighted by Crippen LogP contribution is -2.56. The average Bonchev–Trinajstić information content (AvgIpc) is 3.00. The van der Waals surface area contributed by atoms with Gasteiger partial charge in [0.05, 0.1) is 42.6 Å². The molecule has 248 valence electrons. The zero-order valence-electron chi connectivity index (χ0n) is 26.5. The summed E-state index contributed by atoms with van der Waals surface area (Å²) in [6.45, 7) is 6.47. The minimum atomic E-state index is -1.21. The van der Waals surface area contributed by atoms with Gasteiger partial charge in [-0.2, -0.15) is 0 Å². The molecular formula is C32H49IN2O9. The van der Waals surface area contributed by atoms with E-state index in [9.17, 15) is 24.9 Å². The minimum absolute atomic E-state index is 0.0320. The second-order valence-corrected chi connectivity index (χ2v) is 13.2. The Bertz CT molecular complexity index is 1130. The smallest absolute Gasteiger partial charge is 0.249 e. The van der Waals surface area contributed by atoms with Gasteiger partial charge < -0.3 is 44.5 Å². The lowest BCUT2D eigenvalue weighted by atomic mass is 9.75. The van der Waals surface area contributed by atoms with Crippen LogP contribution in [-0.2, 0) is 25.7 Å². The zero-order valence-corrected chi connectivity index (χ0v) is 28.6. The van der Waals surface area contributed by atoms with Gasteiger partial charge in [-0.1, -0.05) is 27.2 Å². The summed E-state index contributed by atoms with van der Waals surface area (Å²) in [6, 6.07) is 2.56. The number of aliphatic hydroxyl groups excluding tert-OH is 3. The number of ether oxygens (including phenoxy) is 4. The Morgan fingerprint density at radius 2 is 1.93 bits per heavy atom. The summed E-state index contributed by atoms with van der Waals surface area (Å²) in [4.78, 5) is 28.5. The Balaban J connectivity index is 1.91. The van der Waals surface area contributed by atoms with E-state index in [0.717, 1.165) is 19.3 Å². The van der Waals surface area contributed by atoms with Crippen molar-refractivity contribution in [3.05, 3.63) is 32.9 Å². The highest BCUT2D eigenvalue weighted by Gasteiger charge is 2.41. The Kier molecular flexibility index (Phi) is 14.6. The van der Waals surface area contributed by atoms with E-state index >= 15 is 0 Å². The molecule has 1 saturated carbocycles. The van der Waals surface area contributed by atoms with Crippen LogP contribution in [0.3, 0.4) is 0 Å². The number of hydrogen-bond acceptors (Lipinski definition) is 9. The molecule has 0 aliphatic heterocycles. The monoisotopic (exact) mass is 732 g/mol. The number of amides is 2. The Morgan fingerprint density at radius 3 is 2.57 bits per heavy atom. The first-order valence-electron chi connectivity index (χ1n) is 15.4. The molecule has 6 atom stereocenters. The third-order valence-corrected chi connectivity index (χ3v) is 9.38. The molecule has 3 rings (SSSR count). The first-order chi connectivity index (χ1) is 21.0. The molecule has 12 heteroatoms. The number of aliphatic hydroxyl groups is 3. The SMILES string of the molecule is COCCN(C(=O)COC1CC(C)CCC1C(C)C)C1CC(C(=O)NCCO)=CC(Oc2c(I)cc(CO)cc2OC)C1O. The molecule has 0 saturated heterocycles. The number of carbonyl (C=O) groups is 2. The van der Waals surface area contributed by atoms with E-state index in [1.54, 1.807) is 18.2 Å². The van der Waals surface area contributed by atoms with Crippen LogP contribution in [0, 0.1) is 21.3 Å². The highest BCUT2D eigenvalue weighted by atomic mass is 127. The van der Waals surface area contributed by atoms with Crippen molar-refractivity contribution in [1.82, 2.24) is 10.2 Å². The van der Waals surface area contributed by atoms with Gasteiger partial charge in [0.2, 0.25) is 11.8 Å². The van der Waals surface area contributed by atoms with Crippen LogP contribution in [0.25, 0.3) is 0 Å². The number of nitrogens with zero attached hydrogens (tertiary/aromatic N) is 1. The summed E-state index contributed by atoms with van der Waals surface area (Å²) in [5.74, 6) is 1.28. The van der Waals surface area contributed by atoms with E-state index in [4.69, 9.17) is 18.9 Å². The van der Waals surface area contributed by atoms with Crippen molar-refractivity contribution in [1.29, 1.82) is 0 Å². The number of carbonyl (C=O) groups excluding carboxylic acids is 2. The average molecular weight is 733 g/mol. The molecular weight excluding hydrogens is 683 g/mol. The van der Waals surface area contributed by atoms with E-state index in [1.165, 1.54) is 19.1 Å². The highest BCUT2D eigenvalue weighted by Crippen LogP contribution is 2.38. The van der Waals surface area contributed by atoms with Crippen LogP contribution in [-0.4, -0.2) is 104 Å². The molecule has 44 heavy (non-hydrogen) atoms. The molecule has 0 radical (unpaired) electrons. The molecule has 6 unspecified atom stereocenters. The Labute approximate surface area is 274 Å². The number of nitrogens with one attached hydrogen (secondary N) is 1. The number of benzene rings is 1. The van der Waals surface area contributed by atoms with Gasteiger partial charge in [0.1, 0.15) is 18.8 Å². The zero-order chi connectivity index (χ0) is 32.4. The van der Waals surface area contributed by atoms with Crippen molar-refractivity contribution in [2.45, 2.75) is 77.4 Å². The predicted octanol–water partition coefficient (Wildman–Crippen LogP) is 2.66. The topological polar surface area (TPSA) is 147 Å². The Hall–Kier alpha value is -1.97. The molecule has 0 heterocycles.